The van der Waals surface area contributed by atoms with E-state index in [4.69, 9.17) is 4.74 Å². The molecule has 2 aromatic rings. The Labute approximate surface area is 121 Å². The molecule has 0 aliphatic rings. The van der Waals surface area contributed by atoms with Crippen molar-refractivity contribution >= 4 is 17.6 Å². The van der Waals surface area contributed by atoms with Crippen molar-refractivity contribution in [2.24, 2.45) is 0 Å². The lowest BCUT2D eigenvalue weighted by Gasteiger charge is -2.14. The number of amides is 1. The standard InChI is InChI=1S/C14H16N4O3/c1-9-4-5-12(11(6-9)14(20)21-3)17-13(19)10(2)18-8-15-7-16-18/h4-8,10H,1-3H3,(H,17,19). The van der Waals surface area contributed by atoms with Gasteiger partial charge in [-0.3, -0.25) is 4.79 Å². The lowest BCUT2D eigenvalue weighted by molar-refractivity contribution is -0.119. The number of nitrogens with zero attached hydrogens (tertiary/aromatic N) is 3. The predicted molar refractivity (Wildman–Crippen MR) is 75.9 cm³/mol. The number of aryl methyl sites for hydroxylation is 1. The molecule has 0 aliphatic carbocycles. The molecule has 0 aliphatic heterocycles. The topological polar surface area (TPSA) is 86.1 Å². The molecule has 0 spiro atoms. The minimum absolute atomic E-state index is 0.297. The fourth-order valence-corrected chi connectivity index (χ4v) is 1.82. The molecule has 1 amide bonds. The number of anilines is 1. The Kier molecular flexibility index (Phi) is 4.32. The van der Waals surface area contributed by atoms with Crippen LogP contribution in [0.3, 0.4) is 0 Å². The van der Waals surface area contributed by atoms with Gasteiger partial charge in [-0.05, 0) is 26.0 Å². The number of hydrogen-bond donors (Lipinski definition) is 1. The molecular weight excluding hydrogens is 272 g/mol. The zero-order valence-corrected chi connectivity index (χ0v) is 12.0. The highest BCUT2D eigenvalue weighted by Gasteiger charge is 2.19. The molecule has 0 radical (unpaired) electrons. The molecule has 0 saturated carbocycles. The summed E-state index contributed by atoms with van der Waals surface area (Å²) in [5, 5.41) is 6.63. The van der Waals surface area contributed by atoms with Crippen molar-refractivity contribution in [3.05, 3.63) is 42.0 Å². The number of hydrogen-bond acceptors (Lipinski definition) is 5. The van der Waals surface area contributed by atoms with E-state index < -0.39 is 12.0 Å². The normalized spacial score (nSPS) is 11.8. The van der Waals surface area contributed by atoms with Crippen molar-refractivity contribution in [1.29, 1.82) is 0 Å². The summed E-state index contributed by atoms with van der Waals surface area (Å²) in [6.45, 7) is 3.55. The number of aromatic nitrogens is 3. The molecule has 2 rings (SSSR count). The highest BCUT2D eigenvalue weighted by molar-refractivity contribution is 6.02. The van der Waals surface area contributed by atoms with E-state index in [9.17, 15) is 9.59 Å². The molecule has 1 unspecified atom stereocenters. The van der Waals surface area contributed by atoms with Crippen LogP contribution in [0.25, 0.3) is 0 Å². The van der Waals surface area contributed by atoms with Crippen LogP contribution in [0.4, 0.5) is 5.69 Å². The van der Waals surface area contributed by atoms with Crippen molar-refractivity contribution in [2.75, 3.05) is 12.4 Å². The van der Waals surface area contributed by atoms with Crippen LogP contribution in [-0.4, -0.2) is 33.8 Å². The first-order chi connectivity index (χ1) is 10.0. The van der Waals surface area contributed by atoms with Crippen LogP contribution in [0.5, 0.6) is 0 Å². The minimum Gasteiger partial charge on any atom is -0.465 e. The third kappa shape index (κ3) is 3.25. The van der Waals surface area contributed by atoms with Crippen molar-refractivity contribution in [3.63, 3.8) is 0 Å². The minimum atomic E-state index is -0.542. The maximum Gasteiger partial charge on any atom is 0.339 e. The molecule has 1 aromatic carbocycles. The molecule has 0 saturated heterocycles. The van der Waals surface area contributed by atoms with Gasteiger partial charge in [0, 0.05) is 0 Å². The summed E-state index contributed by atoms with van der Waals surface area (Å²) < 4.78 is 6.16. The number of esters is 1. The molecule has 7 heteroatoms. The molecule has 0 fully saturated rings. The van der Waals surface area contributed by atoms with Gasteiger partial charge in [-0.25, -0.2) is 14.5 Å². The number of nitrogens with one attached hydrogen (secondary N) is 1. The highest BCUT2D eigenvalue weighted by atomic mass is 16.5. The molecule has 110 valence electrons. The number of carbonyl (C=O) groups excluding carboxylic acids is 2. The van der Waals surface area contributed by atoms with Crippen molar-refractivity contribution in [1.82, 2.24) is 14.8 Å². The molecule has 21 heavy (non-hydrogen) atoms. The third-order valence-electron chi connectivity index (χ3n) is 3.05. The van der Waals surface area contributed by atoms with Gasteiger partial charge in [-0.1, -0.05) is 11.6 Å². The van der Waals surface area contributed by atoms with Crippen LogP contribution < -0.4 is 5.32 Å². The van der Waals surface area contributed by atoms with Gasteiger partial charge in [0.25, 0.3) is 0 Å². The summed E-state index contributed by atoms with van der Waals surface area (Å²) in [7, 11) is 1.30. The van der Waals surface area contributed by atoms with E-state index in [0.29, 0.717) is 11.3 Å². The van der Waals surface area contributed by atoms with Gasteiger partial charge in [-0.2, -0.15) is 5.10 Å². The van der Waals surface area contributed by atoms with Gasteiger partial charge in [0.2, 0.25) is 5.91 Å². The van der Waals surface area contributed by atoms with E-state index in [0.717, 1.165) is 5.56 Å². The molecule has 1 atom stereocenters. The van der Waals surface area contributed by atoms with E-state index >= 15 is 0 Å². The lowest BCUT2D eigenvalue weighted by atomic mass is 10.1. The second-order valence-corrected chi connectivity index (χ2v) is 4.58. The number of carbonyl (C=O) groups is 2. The van der Waals surface area contributed by atoms with E-state index in [2.05, 4.69) is 15.4 Å². The first kappa shape index (κ1) is 14.7. The summed E-state index contributed by atoms with van der Waals surface area (Å²) in [6.07, 6.45) is 2.82. The molecule has 0 bridgehead atoms. The predicted octanol–water partition coefficient (Wildman–Crippen LogP) is 1.57. The Morgan fingerprint density at radius 2 is 2.14 bits per heavy atom. The largest absolute Gasteiger partial charge is 0.465 e. The fourth-order valence-electron chi connectivity index (χ4n) is 1.82. The molecule has 1 heterocycles. The third-order valence-corrected chi connectivity index (χ3v) is 3.05. The van der Waals surface area contributed by atoms with E-state index in [1.54, 1.807) is 19.1 Å². The first-order valence-corrected chi connectivity index (χ1v) is 6.37. The summed E-state index contributed by atoms with van der Waals surface area (Å²) in [6, 6.07) is 4.61. The van der Waals surface area contributed by atoms with Crippen LogP contribution in [0, 0.1) is 6.92 Å². The van der Waals surface area contributed by atoms with E-state index in [-0.39, 0.29) is 5.91 Å². The van der Waals surface area contributed by atoms with E-state index in [1.165, 1.54) is 24.4 Å². The average molecular weight is 288 g/mol. The first-order valence-electron chi connectivity index (χ1n) is 6.37. The van der Waals surface area contributed by atoms with Gasteiger partial charge in [-0.15, -0.1) is 0 Å². The Balaban J connectivity index is 2.23. The van der Waals surface area contributed by atoms with Crippen LogP contribution >= 0.6 is 0 Å². The average Bonchev–Trinajstić information content (AvgIpc) is 3.01. The Morgan fingerprint density at radius 1 is 1.38 bits per heavy atom. The Bertz CT molecular complexity index is 652. The Hall–Kier alpha value is -2.70. The zero-order valence-electron chi connectivity index (χ0n) is 12.0. The summed E-state index contributed by atoms with van der Waals surface area (Å²) in [5.41, 5.74) is 1.62. The number of rotatable bonds is 4. The van der Waals surface area contributed by atoms with Gasteiger partial charge in [0.05, 0.1) is 18.4 Å². The summed E-state index contributed by atoms with van der Waals surface area (Å²) in [4.78, 5) is 27.8. The van der Waals surface area contributed by atoms with Crippen molar-refractivity contribution in [2.45, 2.75) is 19.9 Å². The molecule has 1 aromatic heterocycles. The monoisotopic (exact) mass is 288 g/mol. The van der Waals surface area contributed by atoms with Gasteiger partial charge < -0.3 is 10.1 Å². The lowest BCUT2D eigenvalue weighted by Crippen LogP contribution is -2.25. The van der Waals surface area contributed by atoms with Crippen LogP contribution in [0.15, 0.2) is 30.9 Å². The molecular formula is C14H16N4O3. The van der Waals surface area contributed by atoms with Crippen molar-refractivity contribution in [3.8, 4) is 0 Å². The van der Waals surface area contributed by atoms with E-state index in [1.807, 2.05) is 13.0 Å². The van der Waals surface area contributed by atoms with Crippen LogP contribution in [0.2, 0.25) is 0 Å². The van der Waals surface area contributed by atoms with Crippen LogP contribution in [0.1, 0.15) is 28.9 Å². The Morgan fingerprint density at radius 3 is 2.76 bits per heavy atom. The fraction of sp³-hybridized carbons (Fsp3) is 0.286. The highest BCUT2D eigenvalue weighted by Crippen LogP contribution is 2.19. The SMILES string of the molecule is COC(=O)c1cc(C)ccc1NC(=O)C(C)n1cncn1. The quantitative estimate of drug-likeness (QED) is 0.863. The summed E-state index contributed by atoms with van der Waals surface area (Å²) >= 11 is 0. The van der Waals surface area contributed by atoms with Gasteiger partial charge in [0.15, 0.2) is 0 Å². The van der Waals surface area contributed by atoms with Gasteiger partial charge >= 0.3 is 5.97 Å². The second kappa shape index (κ2) is 6.17. The number of methoxy groups -OCH3 is 1. The number of ether oxygens (including phenoxy) is 1. The maximum absolute atomic E-state index is 12.2. The van der Waals surface area contributed by atoms with Gasteiger partial charge in [0.1, 0.15) is 18.7 Å². The number of benzene rings is 1. The molecule has 7 nitrogen and oxygen atoms in total. The zero-order chi connectivity index (χ0) is 15.4. The smallest absolute Gasteiger partial charge is 0.339 e. The second-order valence-electron chi connectivity index (χ2n) is 4.58. The maximum atomic E-state index is 12.2. The van der Waals surface area contributed by atoms with Crippen molar-refractivity contribution < 1.29 is 14.3 Å². The summed E-state index contributed by atoms with van der Waals surface area (Å²) in [5.74, 6) is -0.795. The van der Waals surface area contributed by atoms with Crippen LogP contribution in [-0.2, 0) is 9.53 Å². The molecule has 1 N–H and O–H groups in total.